The van der Waals surface area contributed by atoms with E-state index >= 15 is 0 Å². The van der Waals surface area contributed by atoms with E-state index in [1.165, 1.54) is 12.1 Å². The van der Waals surface area contributed by atoms with Crippen LogP contribution in [-0.4, -0.2) is 25.6 Å². The fraction of sp³-hybridized carbons (Fsp3) is 0.250. The first-order valence-corrected chi connectivity index (χ1v) is 8.69. The van der Waals surface area contributed by atoms with Crippen LogP contribution in [0.5, 0.6) is 0 Å². The Kier molecular flexibility index (Phi) is 4.61. The maximum atomic E-state index is 12.4. The summed E-state index contributed by atoms with van der Waals surface area (Å²) in [7, 11) is -3.35. The molecule has 1 unspecified atom stereocenters. The Labute approximate surface area is 130 Å². The number of carbonyl (C=O) groups excluding carboxylic acids is 1. The zero-order valence-electron chi connectivity index (χ0n) is 12.7. The summed E-state index contributed by atoms with van der Waals surface area (Å²) in [5.41, 5.74) is 1.97. The van der Waals surface area contributed by atoms with Gasteiger partial charge in [0.05, 0.1) is 10.9 Å². The average molecular weight is 318 g/mol. The van der Waals surface area contributed by atoms with Crippen molar-refractivity contribution in [2.24, 2.45) is 0 Å². The van der Waals surface area contributed by atoms with Crippen molar-refractivity contribution < 1.29 is 13.2 Å². The van der Waals surface area contributed by atoms with Crippen LogP contribution in [0.25, 0.3) is 0 Å². The third-order valence-corrected chi connectivity index (χ3v) is 4.52. The van der Waals surface area contributed by atoms with Crippen molar-refractivity contribution in [2.75, 3.05) is 6.26 Å². The number of nitrogens with zero attached hydrogens (tertiary/aromatic N) is 1. The van der Waals surface area contributed by atoms with E-state index in [0.29, 0.717) is 5.56 Å². The van der Waals surface area contributed by atoms with Gasteiger partial charge < -0.3 is 5.32 Å². The molecule has 0 aliphatic rings. The van der Waals surface area contributed by atoms with Crippen LogP contribution in [-0.2, 0) is 9.84 Å². The average Bonchev–Trinajstić information content (AvgIpc) is 2.47. The number of hydrogen-bond donors (Lipinski definition) is 1. The van der Waals surface area contributed by atoms with Gasteiger partial charge in [0.25, 0.3) is 5.91 Å². The standard InChI is InChI=1S/C16H18N2O3S/c1-11-6-7-14(22(3,20)21)9-15(11)16(19)18-12(2)13-5-4-8-17-10-13/h4-10,12H,1-3H3,(H,18,19). The van der Waals surface area contributed by atoms with Crippen LogP contribution >= 0.6 is 0 Å². The van der Waals surface area contributed by atoms with E-state index in [1.807, 2.05) is 13.0 Å². The van der Waals surface area contributed by atoms with Crippen LogP contribution in [0.1, 0.15) is 34.5 Å². The lowest BCUT2D eigenvalue weighted by Gasteiger charge is -2.15. The number of amides is 1. The molecule has 6 heteroatoms. The molecule has 1 amide bonds. The van der Waals surface area contributed by atoms with Crippen molar-refractivity contribution >= 4 is 15.7 Å². The van der Waals surface area contributed by atoms with Gasteiger partial charge in [0.1, 0.15) is 0 Å². The Morgan fingerprint density at radius 1 is 1.27 bits per heavy atom. The summed E-state index contributed by atoms with van der Waals surface area (Å²) < 4.78 is 23.2. The van der Waals surface area contributed by atoms with Crippen molar-refractivity contribution in [1.82, 2.24) is 10.3 Å². The van der Waals surface area contributed by atoms with Gasteiger partial charge in [-0.1, -0.05) is 12.1 Å². The van der Waals surface area contributed by atoms with Crippen molar-refractivity contribution in [2.45, 2.75) is 24.8 Å². The number of benzene rings is 1. The van der Waals surface area contributed by atoms with Crippen LogP contribution in [0.15, 0.2) is 47.6 Å². The molecule has 0 radical (unpaired) electrons. The van der Waals surface area contributed by atoms with Crippen LogP contribution in [0.3, 0.4) is 0 Å². The smallest absolute Gasteiger partial charge is 0.252 e. The monoisotopic (exact) mass is 318 g/mol. The molecule has 1 N–H and O–H groups in total. The van der Waals surface area contributed by atoms with Crippen molar-refractivity contribution in [1.29, 1.82) is 0 Å². The molecule has 22 heavy (non-hydrogen) atoms. The minimum absolute atomic E-state index is 0.136. The van der Waals surface area contributed by atoms with Gasteiger partial charge in [0.2, 0.25) is 0 Å². The number of rotatable bonds is 4. The number of nitrogens with one attached hydrogen (secondary N) is 1. The number of pyridine rings is 1. The molecule has 0 bridgehead atoms. The fourth-order valence-electron chi connectivity index (χ4n) is 2.07. The molecule has 0 aliphatic heterocycles. The third-order valence-electron chi connectivity index (χ3n) is 3.41. The van der Waals surface area contributed by atoms with E-state index in [1.54, 1.807) is 31.5 Å². The maximum absolute atomic E-state index is 12.4. The van der Waals surface area contributed by atoms with Crippen LogP contribution < -0.4 is 5.32 Å². The highest BCUT2D eigenvalue weighted by Crippen LogP contribution is 2.17. The second kappa shape index (κ2) is 6.27. The van der Waals surface area contributed by atoms with Gasteiger partial charge in [-0.3, -0.25) is 9.78 Å². The molecule has 0 spiro atoms. The molecule has 5 nitrogen and oxygen atoms in total. The van der Waals surface area contributed by atoms with E-state index in [9.17, 15) is 13.2 Å². The number of carbonyl (C=O) groups is 1. The third kappa shape index (κ3) is 3.71. The van der Waals surface area contributed by atoms with Gasteiger partial charge in [0.15, 0.2) is 9.84 Å². The Hall–Kier alpha value is -2.21. The summed E-state index contributed by atoms with van der Waals surface area (Å²) >= 11 is 0. The summed E-state index contributed by atoms with van der Waals surface area (Å²) in [6.45, 7) is 3.63. The minimum Gasteiger partial charge on any atom is -0.345 e. The quantitative estimate of drug-likeness (QED) is 0.938. The lowest BCUT2D eigenvalue weighted by Crippen LogP contribution is -2.27. The van der Waals surface area contributed by atoms with Crippen LogP contribution in [0.2, 0.25) is 0 Å². The Bertz CT molecular complexity index is 786. The Balaban J connectivity index is 2.26. The first kappa shape index (κ1) is 16.2. The molecule has 2 rings (SSSR count). The summed E-state index contributed by atoms with van der Waals surface area (Å²) in [4.78, 5) is 16.6. The fourth-order valence-corrected chi connectivity index (χ4v) is 2.71. The molecule has 1 aromatic heterocycles. The van der Waals surface area contributed by atoms with Crippen molar-refractivity contribution in [3.63, 3.8) is 0 Å². The van der Waals surface area contributed by atoms with E-state index in [2.05, 4.69) is 10.3 Å². The first-order valence-electron chi connectivity index (χ1n) is 6.80. The topological polar surface area (TPSA) is 76.1 Å². The van der Waals surface area contributed by atoms with Gasteiger partial charge in [0, 0.05) is 24.2 Å². The van der Waals surface area contributed by atoms with Gasteiger partial charge in [-0.15, -0.1) is 0 Å². The zero-order valence-corrected chi connectivity index (χ0v) is 13.5. The highest BCUT2D eigenvalue weighted by Gasteiger charge is 2.16. The Morgan fingerprint density at radius 3 is 2.59 bits per heavy atom. The number of aromatic nitrogens is 1. The summed E-state index contributed by atoms with van der Waals surface area (Å²) in [6.07, 6.45) is 4.47. The number of hydrogen-bond acceptors (Lipinski definition) is 4. The highest BCUT2D eigenvalue weighted by molar-refractivity contribution is 7.90. The summed E-state index contributed by atoms with van der Waals surface area (Å²) in [6, 6.07) is 8.01. The lowest BCUT2D eigenvalue weighted by molar-refractivity contribution is 0.0939. The largest absolute Gasteiger partial charge is 0.345 e. The predicted molar refractivity (Wildman–Crippen MR) is 84.4 cm³/mol. The van der Waals surface area contributed by atoms with Crippen molar-refractivity contribution in [3.05, 3.63) is 59.4 Å². The summed E-state index contributed by atoms with van der Waals surface area (Å²) in [5, 5.41) is 2.86. The SMILES string of the molecule is Cc1ccc(S(C)(=O)=O)cc1C(=O)NC(C)c1cccnc1. The molecule has 1 heterocycles. The van der Waals surface area contributed by atoms with E-state index in [4.69, 9.17) is 0 Å². The predicted octanol–water partition coefficient (Wildman–Crippen LogP) is 2.28. The van der Waals surface area contributed by atoms with Crippen molar-refractivity contribution in [3.8, 4) is 0 Å². The number of aryl methyl sites for hydroxylation is 1. The molecule has 0 saturated heterocycles. The van der Waals surface area contributed by atoms with Crippen LogP contribution in [0.4, 0.5) is 0 Å². The minimum atomic E-state index is -3.35. The molecule has 1 atom stereocenters. The molecule has 2 aromatic rings. The zero-order chi connectivity index (χ0) is 16.3. The van der Waals surface area contributed by atoms with Crippen LogP contribution in [0, 0.1) is 6.92 Å². The molecule has 0 fully saturated rings. The van der Waals surface area contributed by atoms with E-state index in [0.717, 1.165) is 17.4 Å². The normalized spacial score (nSPS) is 12.7. The van der Waals surface area contributed by atoms with E-state index < -0.39 is 9.84 Å². The second-order valence-corrected chi connectivity index (χ2v) is 7.25. The molecule has 116 valence electrons. The van der Waals surface area contributed by atoms with Gasteiger partial charge in [-0.05, 0) is 43.2 Å². The van der Waals surface area contributed by atoms with Gasteiger partial charge in [-0.25, -0.2) is 8.42 Å². The molecule has 0 saturated carbocycles. The molecule has 1 aromatic carbocycles. The molecular weight excluding hydrogens is 300 g/mol. The molecule has 0 aliphatic carbocycles. The Morgan fingerprint density at radius 2 is 2.00 bits per heavy atom. The highest BCUT2D eigenvalue weighted by atomic mass is 32.2. The number of sulfone groups is 1. The first-order chi connectivity index (χ1) is 10.3. The van der Waals surface area contributed by atoms with Gasteiger partial charge >= 0.3 is 0 Å². The summed E-state index contributed by atoms with van der Waals surface area (Å²) in [5.74, 6) is -0.306. The second-order valence-electron chi connectivity index (χ2n) is 5.23. The van der Waals surface area contributed by atoms with E-state index in [-0.39, 0.29) is 16.8 Å². The maximum Gasteiger partial charge on any atom is 0.252 e. The van der Waals surface area contributed by atoms with Gasteiger partial charge in [-0.2, -0.15) is 0 Å². The lowest BCUT2D eigenvalue weighted by atomic mass is 10.1. The molecular formula is C16H18N2O3S.